The molecule has 3 N–H and O–H groups in total. The average molecular weight is 970 g/mol. The predicted octanol–water partition coefficient (Wildman–Crippen LogP) is 10.5. The van der Waals surface area contributed by atoms with Crippen LogP contribution in [0.5, 0.6) is 0 Å². The number of hydrogen-bond acceptors (Lipinski definition) is 11. The van der Waals surface area contributed by atoms with Crippen LogP contribution in [0.4, 0.5) is 0 Å². The minimum absolute atomic E-state index is 0.0421. The summed E-state index contributed by atoms with van der Waals surface area (Å²) >= 11 is 1.33. The summed E-state index contributed by atoms with van der Waals surface area (Å²) in [5.41, 5.74) is 1.21. The number of aliphatic carboxylic acids is 1. The Hall–Kier alpha value is -3.88. The number of carboxylic acids is 1. The number of esters is 2. The maximum atomic E-state index is 15.1. The van der Waals surface area contributed by atoms with Gasteiger partial charge in [0, 0.05) is 55.7 Å². The van der Waals surface area contributed by atoms with E-state index in [1.54, 1.807) is 17.2 Å². The Kier molecular flexibility index (Phi) is 30.5. The van der Waals surface area contributed by atoms with E-state index in [9.17, 15) is 24.3 Å². The van der Waals surface area contributed by atoms with Crippen LogP contribution in [-0.4, -0.2) is 108 Å². The number of likely N-dealkylation sites (N-methyl/N-ethyl adjacent to an activating group) is 1. The zero-order valence-corrected chi connectivity index (χ0v) is 44.5. The largest absolute Gasteiger partial charge is 0.481 e. The molecule has 0 radical (unpaired) electrons. The number of benzene rings is 1. The summed E-state index contributed by atoms with van der Waals surface area (Å²) in [4.78, 5) is 74.3. The Morgan fingerprint density at radius 1 is 0.809 bits per heavy atom. The van der Waals surface area contributed by atoms with Crippen LogP contribution in [0.25, 0.3) is 0 Å². The van der Waals surface area contributed by atoms with Crippen LogP contribution < -0.4 is 10.6 Å². The average Bonchev–Trinajstić information content (AvgIpc) is 3.78. The first-order chi connectivity index (χ1) is 32.5. The Bertz CT molecular complexity index is 1720. The standard InChI is InChI=1S/C54H91N5O8S/c1-11-13-14-15-16-17-18-19-20-21-22-26-29-46(58(9)10)35-55-51(40(5)12-2)53(63)59(38-67-50(61)32-39(3)4)48(42(7)36-66-43(8)60)30-31-49-57-47(37-68-49)52(62)56-45(33-41(6)54(64)65)34-44-27-24-23-25-28-44/h23-25,27-28,37,39-42,45-46,48,51,55H,11-22,26,29-36,38H2,1-10H3,(H,56,62)(H,64,65). The topological polar surface area (TPSA) is 167 Å². The van der Waals surface area contributed by atoms with Gasteiger partial charge in [0.15, 0.2) is 6.73 Å². The highest BCUT2D eigenvalue weighted by Gasteiger charge is 2.36. The monoisotopic (exact) mass is 970 g/mol. The molecule has 386 valence electrons. The Morgan fingerprint density at radius 3 is 1.99 bits per heavy atom. The molecule has 2 rings (SSSR count). The Balaban J connectivity index is 2.30. The SMILES string of the molecule is CCCCCCCCCCCCCCC(CNC(C(=O)N(COC(=O)CC(C)C)C(CCc1nc(C(=O)NC(Cc2ccccc2)CC(C)C(=O)O)cs1)C(C)COC(C)=O)C(C)CC)N(C)C. The van der Waals surface area contributed by atoms with Gasteiger partial charge in [-0.3, -0.25) is 24.0 Å². The second-order valence-electron chi connectivity index (χ2n) is 20.0. The summed E-state index contributed by atoms with van der Waals surface area (Å²) in [6.07, 6.45) is 19.0. The van der Waals surface area contributed by atoms with Crippen LogP contribution in [0.3, 0.4) is 0 Å². The summed E-state index contributed by atoms with van der Waals surface area (Å²) < 4.78 is 11.4. The molecule has 1 aromatic heterocycles. The Labute approximate surface area is 414 Å². The smallest absolute Gasteiger partial charge is 0.307 e. The van der Waals surface area contributed by atoms with E-state index in [1.807, 2.05) is 51.1 Å². The first-order valence-corrected chi connectivity index (χ1v) is 26.9. The number of unbranched alkanes of at least 4 members (excludes halogenated alkanes) is 11. The number of carbonyl (C=O) groups is 5. The number of ether oxygens (including phenoxy) is 2. The highest BCUT2D eigenvalue weighted by atomic mass is 32.1. The molecule has 0 spiro atoms. The van der Waals surface area contributed by atoms with E-state index in [1.165, 1.54) is 88.9 Å². The normalized spacial score (nSPS) is 14.7. The van der Waals surface area contributed by atoms with Gasteiger partial charge in [-0.25, -0.2) is 4.98 Å². The molecule has 2 aromatic rings. The van der Waals surface area contributed by atoms with E-state index in [-0.39, 0.29) is 61.6 Å². The van der Waals surface area contributed by atoms with Gasteiger partial charge in [-0.1, -0.05) is 162 Å². The van der Waals surface area contributed by atoms with Gasteiger partial charge in [-0.15, -0.1) is 11.3 Å². The van der Waals surface area contributed by atoms with E-state index < -0.39 is 47.9 Å². The first kappa shape index (κ1) is 60.2. The van der Waals surface area contributed by atoms with Gasteiger partial charge in [-0.2, -0.15) is 0 Å². The number of carbonyl (C=O) groups excluding carboxylic acids is 4. The van der Waals surface area contributed by atoms with Crippen LogP contribution in [0.1, 0.15) is 186 Å². The number of nitrogens with zero attached hydrogens (tertiary/aromatic N) is 3. The molecule has 1 aromatic carbocycles. The lowest BCUT2D eigenvalue weighted by Crippen LogP contribution is -2.57. The van der Waals surface area contributed by atoms with Gasteiger partial charge in [0.25, 0.3) is 5.91 Å². The second kappa shape index (κ2) is 34.4. The van der Waals surface area contributed by atoms with Gasteiger partial charge in [0.2, 0.25) is 5.91 Å². The Morgan fingerprint density at radius 2 is 1.43 bits per heavy atom. The fourth-order valence-corrected chi connectivity index (χ4v) is 9.41. The molecule has 0 aliphatic carbocycles. The molecule has 7 unspecified atom stereocenters. The van der Waals surface area contributed by atoms with Crippen molar-refractivity contribution in [1.29, 1.82) is 0 Å². The second-order valence-corrected chi connectivity index (χ2v) is 20.9. The third kappa shape index (κ3) is 24.6. The molecule has 0 bridgehead atoms. The highest BCUT2D eigenvalue weighted by Crippen LogP contribution is 2.25. The lowest BCUT2D eigenvalue weighted by Gasteiger charge is -2.39. The molecule has 0 saturated heterocycles. The summed E-state index contributed by atoms with van der Waals surface area (Å²) in [5, 5.41) is 18.7. The van der Waals surface area contributed by atoms with E-state index in [4.69, 9.17) is 14.5 Å². The number of aromatic nitrogens is 1. The number of rotatable bonds is 38. The van der Waals surface area contributed by atoms with Crippen LogP contribution >= 0.6 is 11.3 Å². The van der Waals surface area contributed by atoms with Gasteiger partial charge in [-0.05, 0) is 57.2 Å². The van der Waals surface area contributed by atoms with Crippen molar-refractivity contribution >= 4 is 41.1 Å². The molecule has 68 heavy (non-hydrogen) atoms. The van der Waals surface area contributed by atoms with Gasteiger partial charge in [0.05, 0.1) is 23.6 Å². The lowest BCUT2D eigenvalue weighted by atomic mass is 9.92. The number of nitrogens with one attached hydrogen (secondary N) is 2. The molecule has 7 atom stereocenters. The van der Waals surface area contributed by atoms with Crippen LogP contribution in [0, 0.1) is 23.7 Å². The molecule has 0 aliphatic rings. The fraction of sp³-hybridized carbons (Fsp3) is 0.741. The maximum absolute atomic E-state index is 15.1. The molecule has 0 saturated carbocycles. The van der Waals surface area contributed by atoms with Crippen LogP contribution in [-0.2, 0) is 41.5 Å². The van der Waals surface area contributed by atoms with Crippen molar-refractivity contribution in [3.63, 3.8) is 0 Å². The third-order valence-corrected chi connectivity index (χ3v) is 14.1. The summed E-state index contributed by atoms with van der Waals surface area (Å²) in [5.74, 6) is -3.31. The molecule has 14 heteroatoms. The fourth-order valence-electron chi connectivity index (χ4n) is 8.62. The van der Waals surface area contributed by atoms with E-state index >= 15 is 4.79 Å². The van der Waals surface area contributed by atoms with Gasteiger partial charge < -0.3 is 35.0 Å². The molecule has 0 aliphatic heterocycles. The van der Waals surface area contributed by atoms with Crippen molar-refractivity contribution < 1.29 is 38.6 Å². The minimum Gasteiger partial charge on any atom is -0.481 e. The number of carboxylic acid groups (broad SMARTS) is 1. The molecule has 1 heterocycles. The number of amides is 2. The van der Waals surface area contributed by atoms with Crippen molar-refractivity contribution in [2.24, 2.45) is 23.7 Å². The van der Waals surface area contributed by atoms with Crippen molar-refractivity contribution in [2.45, 2.75) is 202 Å². The van der Waals surface area contributed by atoms with Crippen molar-refractivity contribution in [3.05, 3.63) is 52.0 Å². The van der Waals surface area contributed by atoms with Crippen LogP contribution in [0.15, 0.2) is 35.7 Å². The highest BCUT2D eigenvalue weighted by molar-refractivity contribution is 7.09. The molecule has 13 nitrogen and oxygen atoms in total. The summed E-state index contributed by atoms with van der Waals surface area (Å²) in [6, 6.07) is 8.33. The predicted molar refractivity (Wildman–Crippen MR) is 275 cm³/mol. The minimum atomic E-state index is -0.929. The summed E-state index contributed by atoms with van der Waals surface area (Å²) in [6.45, 7) is 15.6. The van der Waals surface area contributed by atoms with E-state index in [0.717, 1.165) is 24.8 Å². The molecule has 0 fully saturated rings. The number of aryl methyl sites for hydroxylation is 1. The summed E-state index contributed by atoms with van der Waals surface area (Å²) in [7, 11) is 4.19. The maximum Gasteiger partial charge on any atom is 0.307 e. The first-order valence-electron chi connectivity index (χ1n) is 26.0. The quantitative estimate of drug-likeness (QED) is 0.0333. The number of thiazole rings is 1. The van der Waals surface area contributed by atoms with E-state index in [2.05, 4.69) is 50.4 Å². The van der Waals surface area contributed by atoms with Crippen molar-refractivity contribution in [1.82, 2.24) is 25.4 Å². The van der Waals surface area contributed by atoms with Crippen molar-refractivity contribution in [2.75, 3.05) is 34.0 Å². The van der Waals surface area contributed by atoms with Crippen molar-refractivity contribution in [3.8, 4) is 0 Å². The lowest BCUT2D eigenvalue weighted by molar-refractivity contribution is -0.159. The number of hydrogen-bond donors (Lipinski definition) is 3. The zero-order valence-electron chi connectivity index (χ0n) is 43.7. The molecule has 2 amide bonds. The molecular formula is C54H91N5O8S. The van der Waals surface area contributed by atoms with Crippen LogP contribution in [0.2, 0.25) is 0 Å². The molecular weight excluding hydrogens is 879 g/mol. The third-order valence-electron chi connectivity index (χ3n) is 13.2. The van der Waals surface area contributed by atoms with Gasteiger partial charge >= 0.3 is 17.9 Å². The zero-order chi connectivity index (χ0) is 50.4. The van der Waals surface area contributed by atoms with E-state index in [0.29, 0.717) is 30.8 Å². The van der Waals surface area contributed by atoms with Gasteiger partial charge in [0.1, 0.15) is 5.69 Å².